The molecular formula is C14H21NO3. The third-order valence-electron chi connectivity index (χ3n) is 3.05. The smallest absolute Gasteiger partial charge is 0.317 e. The summed E-state index contributed by atoms with van der Waals surface area (Å²) in [5.41, 5.74) is 1.06. The van der Waals surface area contributed by atoms with Crippen molar-refractivity contribution in [2.24, 2.45) is 0 Å². The molecule has 0 aliphatic heterocycles. The molecule has 1 unspecified atom stereocenters. The van der Waals surface area contributed by atoms with Gasteiger partial charge in [-0.1, -0.05) is 12.1 Å². The van der Waals surface area contributed by atoms with Crippen molar-refractivity contribution in [2.45, 2.75) is 32.9 Å². The Balaban J connectivity index is 2.93. The van der Waals surface area contributed by atoms with Crippen LogP contribution in [0.4, 0.5) is 0 Å². The van der Waals surface area contributed by atoms with Crippen LogP contribution >= 0.6 is 0 Å². The Kier molecular flexibility index (Phi) is 5.16. The third kappa shape index (κ3) is 3.74. The van der Waals surface area contributed by atoms with Crippen molar-refractivity contribution in [1.82, 2.24) is 4.90 Å². The number of carboxylic acids is 1. The summed E-state index contributed by atoms with van der Waals surface area (Å²) in [6, 6.07) is 7.95. The first kappa shape index (κ1) is 14.5. The predicted octanol–water partition coefficient (Wildman–Crippen LogP) is 2.55. The molecule has 0 saturated carbocycles. The van der Waals surface area contributed by atoms with Gasteiger partial charge in [-0.25, -0.2) is 0 Å². The molecule has 0 saturated heterocycles. The van der Waals surface area contributed by atoms with Crippen LogP contribution in [-0.4, -0.2) is 35.7 Å². The maximum atomic E-state index is 10.9. The molecule has 0 fully saturated rings. The Hall–Kier alpha value is -1.55. The van der Waals surface area contributed by atoms with E-state index < -0.39 is 5.97 Å². The van der Waals surface area contributed by atoms with E-state index in [9.17, 15) is 4.79 Å². The lowest BCUT2D eigenvalue weighted by Gasteiger charge is -2.31. The number of nitrogens with zero attached hydrogens (tertiary/aromatic N) is 1. The van der Waals surface area contributed by atoms with Crippen LogP contribution in [0.15, 0.2) is 24.3 Å². The number of benzene rings is 1. The second-order valence-electron chi connectivity index (χ2n) is 4.61. The standard InChI is InChI=1S/C14H21NO3/c1-10(2)15(9-14(16)17)11(3)12-6-5-7-13(8-12)18-4/h5-8,10-11H,9H2,1-4H3,(H,16,17). The van der Waals surface area contributed by atoms with Crippen LogP contribution in [0.1, 0.15) is 32.4 Å². The summed E-state index contributed by atoms with van der Waals surface area (Å²) in [5.74, 6) is -0.0168. The highest BCUT2D eigenvalue weighted by atomic mass is 16.5. The van der Waals surface area contributed by atoms with Gasteiger partial charge in [0.05, 0.1) is 13.7 Å². The van der Waals surface area contributed by atoms with Gasteiger partial charge in [0, 0.05) is 12.1 Å². The molecule has 0 aromatic heterocycles. The second-order valence-corrected chi connectivity index (χ2v) is 4.61. The quantitative estimate of drug-likeness (QED) is 0.844. The first-order chi connectivity index (χ1) is 8.45. The molecule has 0 aliphatic carbocycles. The number of rotatable bonds is 6. The normalized spacial score (nSPS) is 12.8. The number of hydrogen-bond donors (Lipinski definition) is 1. The van der Waals surface area contributed by atoms with Crippen molar-refractivity contribution in [2.75, 3.05) is 13.7 Å². The maximum Gasteiger partial charge on any atom is 0.317 e. The van der Waals surface area contributed by atoms with Crippen LogP contribution in [0.2, 0.25) is 0 Å². The average Bonchev–Trinajstić information content (AvgIpc) is 2.34. The average molecular weight is 251 g/mol. The fraction of sp³-hybridized carbons (Fsp3) is 0.500. The molecule has 0 heterocycles. The highest BCUT2D eigenvalue weighted by Gasteiger charge is 2.21. The van der Waals surface area contributed by atoms with Gasteiger partial charge < -0.3 is 9.84 Å². The fourth-order valence-corrected chi connectivity index (χ4v) is 2.02. The molecule has 4 heteroatoms. The summed E-state index contributed by atoms with van der Waals surface area (Å²) in [7, 11) is 1.63. The number of methoxy groups -OCH3 is 1. The monoisotopic (exact) mass is 251 g/mol. The van der Waals surface area contributed by atoms with E-state index in [0.717, 1.165) is 11.3 Å². The van der Waals surface area contributed by atoms with Crippen molar-refractivity contribution >= 4 is 5.97 Å². The minimum atomic E-state index is -0.807. The lowest BCUT2D eigenvalue weighted by molar-refractivity contribution is -0.139. The highest BCUT2D eigenvalue weighted by molar-refractivity contribution is 5.69. The number of aliphatic carboxylic acids is 1. The minimum Gasteiger partial charge on any atom is -0.497 e. The Morgan fingerprint density at radius 3 is 2.56 bits per heavy atom. The van der Waals surface area contributed by atoms with Gasteiger partial charge >= 0.3 is 5.97 Å². The summed E-state index contributed by atoms with van der Waals surface area (Å²) in [6.07, 6.45) is 0. The molecule has 0 radical (unpaired) electrons. The van der Waals surface area contributed by atoms with Gasteiger partial charge in [-0.15, -0.1) is 0 Å². The molecule has 1 N–H and O–H groups in total. The van der Waals surface area contributed by atoms with E-state index in [2.05, 4.69) is 0 Å². The molecule has 0 aliphatic rings. The van der Waals surface area contributed by atoms with E-state index in [-0.39, 0.29) is 18.6 Å². The predicted molar refractivity (Wildman–Crippen MR) is 70.9 cm³/mol. The molecule has 1 aromatic carbocycles. The van der Waals surface area contributed by atoms with Crippen molar-refractivity contribution in [3.63, 3.8) is 0 Å². The zero-order valence-electron chi connectivity index (χ0n) is 11.4. The Morgan fingerprint density at radius 1 is 1.39 bits per heavy atom. The molecule has 100 valence electrons. The van der Waals surface area contributed by atoms with Gasteiger partial charge in [0.1, 0.15) is 5.75 Å². The SMILES string of the molecule is COc1cccc(C(C)N(CC(=O)O)C(C)C)c1. The molecule has 4 nitrogen and oxygen atoms in total. The Labute approximate surface area is 108 Å². The van der Waals surface area contributed by atoms with E-state index in [0.29, 0.717) is 0 Å². The molecular weight excluding hydrogens is 230 g/mol. The largest absolute Gasteiger partial charge is 0.497 e. The summed E-state index contributed by atoms with van der Waals surface area (Å²) >= 11 is 0. The van der Waals surface area contributed by atoms with Gasteiger partial charge in [0.15, 0.2) is 0 Å². The number of hydrogen-bond acceptors (Lipinski definition) is 3. The van der Waals surface area contributed by atoms with Crippen LogP contribution in [0.25, 0.3) is 0 Å². The lowest BCUT2D eigenvalue weighted by Crippen LogP contribution is -2.37. The third-order valence-corrected chi connectivity index (χ3v) is 3.05. The first-order valence-corrected chi connectivity index (χ1v) is 6.07. The zero-order chi connectivity index (χ0) is 13.7. The molecule has 0 spiro atoms. The molecule has 1 aromatic rings. The first-order valence-electron chi connectivity index (χ1n) is 6.07. The lowest BCUT2D eigenvalue weighted by atomic mass is 10.1. The molecule has 1 rings (SSSR count). The summed E-state index contributed by atoms with van der Waals surface area (Å²) < 4.78 is 5.19. The highest BCUT2D eigenvalue weighted by Crippen LogP contribution is 2.25. The zero-order valence-corrected chi connectivity index (χ0v) is 11.4. The van der Waals surface area contributed by atoms with E-state index in [4.69, 9.17) is 9.84 Å². The van der Waals surface area contributed by atoms with Crippen molar-refractivity contribution in [1.29, 1.82) is 0 Å². The van der Waals surface area contributed by atoms with Crippen molar-refractivity contribution < 1.29 is 14.6 Å². The Morgan fingerprint density at radius 2 is 2.06 bits per heavy atom. The summed E-state index contributed by atoms with van der Waals surface area (Å²) in [5, 5.41) is 8.96. The van der Waals surface area contributed by atoms with Gasteiger partial charge in [0.2, 0.25) is 0 Å². The molecule has 1 atom stereocenters. The van der Waals surface area contributed by atoms with Crippen LogP contribution in [0.3, 0.4) is 0 Å². The summed E-state index contributed by atoms with van der Waals surface area (Å²) in [4.78, 5) is 12.8. The van der Waals surface area contributed by atoms with E-state index in [1.54, 1.807) is 7.11 Å². The van der Waals surface area contributed by atoms with E-state index in [1.807, 2.05) is 49.9 Å². The minimum absolute atomic E-state index is 0.0377. The van der Waals surface area contributed by atoms with Crippen LogP contribution in [-0.2, 0) is 4.79 Å². The van der Waals surface area contributed by atoms with Gasteiger partial charge in [-0.2, -0.15) is 0 Å². The van der Waals surface area contributed by atoms with Crippen molar-refractivity contribution in [3.8, 4) is 5.75 Å². The number of ether oxygens (including phenoxy) is 1. The fourth-order valence-electron chi connectivity index (χ4n) is 2.02. The van der Waals surface area contributed by atoms with Gasteiger partial charge in [-0.05, 0) is 38.5 Å². The summed E-state index contributed by atoms with van der Waals surface area (Å²) in [6.45, 7) is 6.05. The molecule has 18 heavy (non-hydrogen) atoms. The molecule has 0 amide bonds. The van der Waals surface area contributed by atoms with Crippen molar-refractivity contribution in [3.05, 3.63) is 29.8 Å². The van der Waals surface area contributed by atoms with E-state index >= 15 is 0 Å². The number of carbonyl (C=O) groups is 1. The van der Waals surface area contributed by atoms with Crippen LogP contribution < -0.4 is 4.74 Å². The second kappa shape index (κ2) is 6.40. The Bertz CT molecular complexity index is 404. The number of carboxylic acid groups (broad SMARTS) is 1. The molecule has 0 bridgehead atoms. The van der Waals surface area contributed by atoms with Crippen LogP contribution in [0, 0.1) is 0 Å². The van der Waals surface area contributed by atoms with Gasteiger partial charge in [-0.3, -0.25) is 9.69 Å². The van der Waals surface area contributed by atoms with E-state index in [1.165, 1.54) is 0 Å². The maximum absolute atomic E-state index is 10.9. The van der Waals surface area contributed by atoms with Crippen LogP contribution in [0.5, 0.6) is 5.75 Å². The topological polar surface area (TPSA) is 49.8 Å². The van der Waals surface area contributed by atoms with Gasteiger partial charge in [0.25, 0.3) is 0 Å².